The summed E-state index contributed by atoms with van der Waals surface area (Å²) >= 11 is 0. The van der Waals surface area contributed by atoms with Crippen molar-refractivity contribution in [3.8, 4) is 11.5 Å². The van der Waals surface area contributed by atoms with E-state index in [9.17, 15) is 4.79 Å². The molecule has 1 aliphatic heterocycles. The third-order valence-electron chi connectivity index (χ3n) is 5.00. The lowest BCUT2D eigenvalue weighted by molar-refractivity contribution is 0.0949. The first-order chi connectivity index (χ1) is 13.6. The summed E-state index contributed by atoms with van der Waals surface area (Å²) in [6, 6.07) is 5.58. The van der Waals surface area contributed by atoms with Crippen LogP contribution < -0.4 is 10.6 Å². The average Bonchev–Trinajstić information content (AvgIpc) is 3.37. The van der Waals surface area contributed by atoms with Crippen molar-refractivity contribution in [1.29, 1.82) is 0 Å². The van der Waals surface area contributed by atoms with Gasteiger partial charge < -0.3 is 15.1 Å². The first-order valence-corrected chi connectivity index (χ1v) is 9.77. The normalized spacial score (nSPS) is 15.4. The molecule has 3 aromatic rings. The number of furan rings is 1. The smallest absolute Gasteiger partial charge is 0.252 e. The molecule has 0 saturated carbocycles. The average molecular weight is 382 g/mol. The Hall–Kier alpha value is -2.71. The molecule has 0 aromatic carbocycles. The fourth-order valence-corrected chi connectivity index (χ4v) is 3.49. The lowest BCUT2D eigenvalue weighted by atomic mass is 10.1. The minimum Gasteiger partial charge on any atom is -0.463 e. The first kappa shape index (κ1) is 18.6. The van der Waals surface area contributed by atoms with Crippen molar-refractivity contribution >= 4 is 16.9 Å². The molecule has 0 radical (unpaired) electrons. The van der Waals surface area contributed by atoms with E-state index in [4.69, 9.17) is 9.40 Å². The quantitative estimate of drug-likeness (QED) is 0.677. The second-order valence-electron chi connectivity index (χ2n) is 7.30. The second kappa shape index (κ2) is 8.12. The SMILES string of the molecule is CC(C)n1ncc2c(C(=O)NCCN3CCNCC3)cc(-c3ccco3)nc21. The summed E-state index contributed by atoms with van der Waals surface area (Å²) in [4.78, 5) is 20.0. The van der Waals surface area contributed by atoms with Crippen LogP contribution in [0.15, 0.2) is 35.1 Å². The van der Waals surface area contributed by atoms with Crippen molar-refractivity contribution in [3.63, 3.8) is 0 Å². The largest absolute Gasteiger partial charge is 0.463 e. The Bertz CT molecular complexity index is 941. The van der Waals surface area contributed by atoms with E-state index >= 15 is 0 Å². The van der Waals surface area contributed by atoms with E-state index in [1.54, 1.807) is 18.5 Å². The van der Waals surface area contributed by atoms with Crippen molar-refractivity contribution in [2.24, 2.45) is 0 Å². The van der Waals surface area contributed by atoms with Gasteiger partial charge in [-0.1, -0.05) is 0 Å². The maximum Gasteiger partial charge on any atom is 0.252 e. The molecule has 3 aromatic heterocycles. The molecule has 2 N–H and O–H groups in total. The van der Waals surface area contributed by atoms with E-state index in [0.29, 0.717) is 29.2 Å². The summed E-state index contributed by atoms with van der Waals surface area (Å²) in [6.45, 7) is 9.56. The van der Waals surface area contributed by atoms with Gasteiger partial charge in [0.15, 0.2) is 11.4 Å². The minimum atomic E-state index is -0.112. The molecule has 1 saturated heterocycles. The predicted molar refractivity (Wildman–Crippen MR) is 107 cm³/mol. The molecule has 0 atom stereocenters. The van der Waals surface area contributed by atoms with E-state index in [2.05, 4.69) is 20.6 Å². The highest BCUT2D eigenvalue weighted by Gasteiger charge is 2.19. The van der Waals surface area contributed by atoms with Crippen LogP contribution in [-0.2, 0) is 0 Å². The lowest BCUT2D eigenvalue weighted by Crippen LogP contribution is -2.46. The van der Waals surface area contributed by atoms with Crippen LogP contribution in [0.2, 0.25) is 0 Å². The van der Waals surface area contributed by atoms with Gasteiger partial charge in [0.25, 0.3) is 5.91 Å². The van der Waals surface area contributed by atoms with E-state index in [0.717, 1.165) is 38.1 Å². The third kappa shape index (κ3) is 3.79. The van der Waals surface area contributed by atoms with Crippen molar-refractivity contribution in [1.82, 2.24) is 30.3 Å². The maximum absolute atomic E-state index is 13.0. The van der Waals surface area contributed by atoms with Crippen molar-refractivity contribution < 1.29 is 9.21 Å². The summed E-state index contributed by atoms with van der Waals surface area (Å²) in [6.07, 6.45) is 3.33. The molecular formula is C20H26N6O2. The van der Waals surface area contributed by atoms with Crippen LogP contribution in [0.1, 0.15) is 30.2 Å². The summed E-state index contributed by atoms with van der Waals surface area (Å²) in [7, 11) is 0. The van der Waals surface area contributed by atoms with Crippen LogP contribution in [-0.4, -0.2) is 64.8 Å². The standard InChI is InChI=1S/C20H26N6O2/c1-14(2)26-19-16(13-23-26)15(12-17(24-19)18-4-3-11-28-18)20(27)22-7-10-25-8-5-21-6-9-25/h3-4,11-14,21H,5-10H2,1-2H3,(H,22,27). The lowest BCUT2D eigenvalue weighted by Gasteiger charge is -2.27. The van der Waals surface area contributed by atoms with E-state index < -0.39 is 0 Å². The number of nitrogens with one attached hydrogen (secondary N) is 2. The van der Waals surface area contributed by atoms with Crippen LogP contribution in [0.3, 0.4) is 0 Å². The molecule has 28 heavy (non-hydrogen) atoms. The number of nitrogens with zero attached hydrogens (tertiary/aromatic N) is 4. The number of pyridine rings is 1. The molecule has 1 fully saturated rings. The molecule has 8 heteroatoms. The molecule has 0 bridgehead atoms. The van der Waals surface area contributed by atoms with Crippen molar-refractivity contribution in [2.45, 2.75) is 19.9 Å². The second-order valence-corrected chi connectivity index (χ2v) is 7.30. The minimum absolute atomic E-state index is 0.112. The number of fused-ring (bicyclic) bond motifs is 1. The Morgan fingerprint density at radius 3 is 2.89 bits per heavy atom. The molecule has 0 spiro atoms. The topological polar surface area (TPSA) is 88.2 Å². The number of amides is 1. The van der Waals surface area contributed by atoms with Gasteiger partial charge in [-0.3, -0.25) is 9.69 Å². The summed E-state index contributed by atoms with van der Waals surface area (Å²) in [5.74, 6) is 0.520. The van der Waals surface area contributed by atoms with E-state index in [1.807, 2.05) is 30.7 Å². The van der Waals surface area contributed by atoms with Gasteiger partial charge in [0, 0.05) is 45.3 Å². The van der Waals surface area contributed by atoms with E-state index in [-0.39, 0.29) is 11.9 Å². The van der Waals surface area contributed by atoms with Crippen LogP contribution in [0.25, 0.3) is 22.5 Å². The Kier molecular flexibility index (Phi) is 5.40. The molecular weight excluding hydrogens is 356 g/mol. The number of piperazine rings is 1. The van der Waals surface area contributed by atoms with Crippen molar-refractivity contribution in [3.05, 3.63) is 36.2 Å². The van der Waals surface area contributed by atoms with Crippen LogP contribution in [0.4, 0.5) is 0 Å². The third-order valence-corrected chi connectivity index (χ3v) is 5.00. The number of carbonyl (C=O) groups excluding carboxylic acids is 1. The maximum atomic E-state index is 13.0. The summed E-state index contributed by atoms with van der Waals surface area (Å²) < 4.78 is 7.34. The van der Waals surface area contributed by atoms with Crippen LogP contribution in [0, 0.1) is 0 Å². The van der Waals surface area contributed by atoms with Gasteiger partial charge in [-0.15, -0.1) is 0 Å². The zero-order chi connectivity index (χ0) is 19.5. The van der Waals surface area contributed by atoms with Gasteiger partial charge in [-0.2, -0.15) is 5.10 Å². The predicted octanol–water partition coefficient (Wildman–Crippen LogP) is 1.91. The number of rotatable bonds is 6. The number of carbonyl (C=O) groups is 1. The molecule has 4 heterocycles. The molecule has 148 valence electrons. The highest BCUT2D eigenvalue weighted by Crippen LogP contribution is 2.26. The molecule has 8 nitrogen and oxygen atoms in total. The zero-order valence-electron chi connectivity index (χ0n) is 16.3. The van der Waals surface area contributed by atoms with Gasteiger partial charge in [0.2, 0.25) is 0 Å². The van der Waals surface area contributed by atoms with Crippen molar-refractivity contribution in [2.75, 3.05) is 39.3 Å². The number of aromatic nitrogens is 3. The molecule has 0 aliphatic carbocycles. The highest BCUT2D eigenvalue weighted by atomic mass is 16.3. The molecule has 0 unspecified atom stereocenters. The van der Waals surface area contributed by atoms with Crippen LogP contribution >= 0.6 is 0 Å². The Balaban J connectivity index is 1.60. The van der Waals surface area contributed by atoms with E-state index in [1.165, 1.54) is 0 Å². The molecule has 4 rings (SSSR count). The Morgan fingerprint density at radius 1 is 1.36 bits per heavy atom. The zero-order valence-corrected chi connectivity index (χ0v) is 16.3. The molecule has 1 amide bonds. The fourth-order valence-electron chi connectivity index (χ4n) is 3.49. The molecule has 1 aliphatic rings. The van der Waals surface area contributed by atoms with Gasteiger partial charge >= 0.3 is 0 Å². The number of hydrogen-bond donors (Lipinski definition) is 2. The van der Waals surface area contributed by atoms with Gasteiger partial charge in [0.1, 0.15) is 5.69 Å². The Labute approximate surface area is 163 Å². The fraction of sp³-hybridized carbons (Fsp3) is 0.450. The number of hydrogen-bond acceptors (Lipinski definition) is 6. The Morgan fingerprint density at radius 2 is 2.18 bits per heavy atom. The van der Waals surface area contributed by atoms with Gasteiger partial charge in [-0.05, 0) is 32.0 Å². The van der Waals surface area contributed by atoms with Gasteiger partial charge in [0.05, 0.1) is 23.4 Å². The monoisotopic (exact) mass is 382 g/mol. The highest BCUT2D eigenvalue weighted by molar-refractivity contribution is 6.06. The van der Waals surface area contributed by atoms with Crippen LogP contribution in [0.5, 0.6) is 0 Å². The first-order valence-electron chi connectivity index (χ1n) is 9.77. The summed E-state index contributed by atoms with van der Waals surface area (Å²) in [5, 5.41) is 11.6. The summed E-state index contributed by atoms with van der Waals surface area (Å²) in [5.41, 5.74) is 1.90. The van der Waals surface area contributed by atoms with Gasteiger partial charge in [-0.25, -0.2) is 9.67 Å².